The molecule has 0 saturated carbocycles. The third kappa shape index (κ3) is 6.57. The predicted octanol–water partition coefficient (Wildman–Crippen LogP) is 3.87. The van der Waals surface area contributed by atoms with Gasteiger partial charge in [-0.15, -0.1) is 0 Å². The topological polar surface area (TPSA) is 73.6 Å². The van der Waals surface area contributed by atoms with E-state index in [0.29, 0.717) is 30.4 Å². The molecule has 2 aromatic rings. The molecule has 28 heavy (non-hydrogen) atoms. The standard InChI is InChI=1S/C23H32N2O3/c1-16(2)12-13-28-21-11-10-19(15-22(21)27-4)17(3)25-23(26)20(24)14-18-8-6-5-7-9-18/h5-11,15-17,20H,12-14,24H2,1-4H3,(H,25,26)/t17?,20-/m0/s1. The Bertz CT molecular complexity index is 747. The molecule has 5 heteroatoms. The van der Waals surface area contributed by atoms with Crippen molar-refractivity contribution < 1.29 is 14.3 Å². The smallest absolute Gasteiger partial charge is 0.237 e. The molecular formula is C23H32N2O3. The van der Waals surface area contributed by atoms with Crippen LogP contribution in [0.2, 0.25) is 0 Å². The summed E-state index contributed by atoms with van der Waals surface area (Å²) in [5.41, 5.74) is 8.06. The van der Waals surface area contributed by atoms with Gasteiger partial charge >= 0.3 is 0 Å². The number of rotatable bonds is 10. The van der Waals surface area contributed by atoms with Crippen LogP contribution in [0.4, 0.5) is 0 Å². The summed E-state index contributed by atoms with van der Waals surface area (Å²) in [5.74, 6) is 1.79. The average molecular weight is 385 g/mol. The zero-order chi connectivity index (χ0) is 20.5. The molecule has 0 aromatic heterocycles. The van der Waals surface area contributed by atoms with Gasteiger partial charge in [0.25, 0.3) is 0 Å². The van der Waals surface area contributed by atoms with Crippen LogP contribution >= 0.6 is 0 Å². The molecule has 0 fully saturated rings. The summed E-state index contributed by atoms with van der Waals surface area (Å²) < 4.78 is 11.3. The van der Waals surface area contributed by atoms with Crippen LogP contribution in [0.25, 0.3) is 0 Å². The van der Waals surface area contributed by atoms with Gasteiger partial charge in [-0.2, -0.15) is 0 Å². The lowest BCUT2D eigenvalue weighted by Gasteiger charge is -2.19. The molecule has 0 aliphatic heterocycles. The summed E-state index contributed by atoms with van der Waals surface area (Å²) in [6, 6.07) is 14.7. The Kier molecular flexibility index (Phi) is 8.33. The fourth-order valence-electron chi connectivity index (χ4n) is 2.84. The maximum atomic E-state index is 12.5. The molecule has 2 aromatic carbocycles. The van der Waals surface area contributed by atoms with Gasteiger partial charge in [0.2, 0.25) is 5.91 Å². The van der Waals surface area contributed by atoms with Crippen LogP contribution in [0, 0.1) is 5.92 Å². The van der Waals surface area contributed by atoms with Crippen molar-refractivity contribution in [1.29, 1.82) is 0 Å². The highest BCUT2D eigenvalue weighted by atomic mass is 16.5. The van der Waals surface area contributed by atoms with E-state index in [1.165, 1.54) is 0 Å². The van der Waals surface area contributed by atoms with E-state index in [-0.39, 0.29) is 11.9 Å². The number of ether oxygens (including phenoxy) is 2. The lowest BCUT2D eigenvalue weighted by Crippen LogP contribution is -2.42. The lowest BCUT2D eigenvalue weighted by molar-refractivity contribution is -0.123. The normalized spacial score (nSPS) is 13.1. The Balaban J connectivity index is 1.96. The number of nitrogens with two attached hydrogens (primary N) is 1. The van der Waals surface area contributed by atoms with Gasteiger partial charge in [0, 0.05) is 0 Å². The Morgan fingerprint density at radius 1 is 1.07 bits per heavy atom. The summed E-state index contributed by atoms with van der Waals surface area (Å²) in [5, 5.41) is 2.98. The molecule has 2 atom stereocenters. The highest BCUT2D eigenvalue weighted by molar-refractivity contribution is 5.82. The summed E-state index contributed by atoms with van der Waals surface area (Å²) in [6.07, 6.45) is 1.49. The first-order valence-corrected chi connectivity index (χ1v) is 9.81. The third-order valence-electron chi connectivity index (χ3n) is 4.63. The Morgan fingerprint density at radius 2 is 1.79 bits per heavy atom. The molecule has 5 nitrogen and oxygen atoms in total. The van der Waals surface area contributed by atoms with Gasteiger partial charge in [-0.1, -0.05) is 50.2 Å². The van der Waals surface area contributed by atoms with Crippen molar-refractivity contribution >= 4 is 5.91 Å². The monoisotopic (exact) mass is 384 g/mol. The molecule has 2 rings (SSSR count). The minimum atomic E-state index is -0.592. The Morgan fingerprint density at radius 3 is 2.43 bits per heavy atom. The average Bonchev–Trinajstić information content (AvgIpc) is 2.68. The van der Waals surface area contributed by atoms with Crippen LogP contribution in [0.1, 0.15) is 44.4 Å². The number of benzene rings is 2. The Hall–Kier alpha value is -2.53. The molecule has 0 radical (unpaired) electrons. The van der Waals surface area contributed by atoms with Crippen LogP contribution in [0.3, 0.4) is 0 Å². The number of carbonyl (C=O) groups excluding carboxylic acids is 1. The van der Waals surface area contributed by atoms with Crippen LogP contribution in [-0.2, 0) is 11.2 Å². The van der Waals surface area contributed by atoms with Gasteiger partial charge in [-0.25, -0.2) is 0 Å². The fourth-order valence-corrected chi connectivity index (χ4v) is 2.84. The number of methoxy groups -OCH3 is 1. The van der Waals surface area contributed by atoms with Crippen LogP contribution in [0.5, 0.6) is 11.5 Å². The molecule has 0 bridgehead atoms. The van der Waals surface area contributed by atoms with Gasteiger partial charge in [0.1, 0.15) is 0 Å². The van der Waals surface area contributed by atoms with E-state index in [1.54, 1.807) is 7.11 Å². The zero-order valence-electron chi connectivity index (χ0n) is 17.3. The summed E-state index contributed by atoms with van der Waals surface area (Å²) in [4.78, 5) is 12.5. The van der Waals surface area contributed by atoms with E-state index in [1.807, 2.05) is 55.5 Å². The maximum absolute atomic E-state index is 12.5. The minimum Gasteiger partial charge on any atom is -0.493 e. The molecular weight excluding hydrogens is 352 g/mol. The highest BCUT2D eigenvalue weighted by Gasteiger charge is 2.18. The van der Waals surface area contributed by atoms with Gasteiger partial charge in [-0.3, -0.25) is 4.79 Å². The summed E-state index contributed by atoms with van der Waals surface area (Å²) in [7, 11) is 1.62. The first-order valence-electron chi connectivity index (χ1n) is 9.81. The van der Waals surface area contributed by atoms with E-state index in [9.17, 15) is 4.79 Å². The van der Waals surface area contributed by atoms with Gasteiger partial charge in [-0.05, 0) is 48.9 Å². The van der Waals surface area contributed by atoms with Gasteiger partial charge in [0.05, 0.1) is 25.8 Å². The summed E-state index contributed by atoms with van der Waals surface area (Å²) in [6.45, 7) is 6.91. The number of nitrogens with one attached hydrogen (secondary N) is 1. The zero-order valence-corrected chi connectivity index (χ0v) is 17.3. The first-order chi connectivity index (χ1) is 13.4. The first kappa shape index (κ1) is 21.8. The predicted molar refractivity (Wildman–Crippen MR) is 113 cm³/mol. The number of hydrogen-bond acceptors (Lipinski definition) is 4. The van der Waals surface area contributed by atoms with E-state index < -0.39 is 6.04 Å². The van der Waals surface area contributed by atoms with Crippen molar-refractivity contribution in [1.82, 2.24) is 5.32 Å². The quantitative estimate of drug-likeness (QED) is 0.652. The number of amides is 1. The molecule has 152 valence electrons. The van der Waals surface area contributed by atoms with Crippen molar-refractivity contribution in [3.05, 3.63) is 59.7 Å². The maximum Gasteiger partial charge on any atom is 0.237 e. The van der Waals surface area contributed by atoms with Crippen molar-refractivity contribution in [2.24, 2.45) is 11.7 Å². The van der Waals surface area contributed by atoms with Gasteiger partial charge in [0.15, 0.2) is 11.5 Å². The van der Waals surface area contributed by atoms with Crippen molar-refractivity contribution in [2.45, 2.75) is 45.7 Å². The van der Waals surface area contributed by atoms with Crippen molar-refractivity contribution in [3.8, 4) is 11.5 Å². The molecule has 0 saturated heterocycles. The van der Waals surface area contributed by atoms with E-state index in [0.717, 1.165) is 17.5 Å². The molecule has 1 unspecified atom stereocenters. The number of carbonyl (C=O) groups is 1. The summed E-state index contributed by atoms with van der Waals surface area (Å²) >= 11 is 0. The molecule has 3 N–H and O–H groups in total. The van der Waals surface area contributed by atoms with Crippen molar-refractivity contribution in [3.63, 3.8) is 0 Å². The second kappa shape index (κ2) is 10.7. The molecule has 1 amide bonds. The van der Waals surface area contributed by atoms with E-state index >= 15 is 0 Å². The fraction of sp³-hybridized carbons (Fsp3) is 0.435. The molecule has 0 heterocycles. The second-order valence-corrected chi connectivity index (χ2v) is 7.47. The van der Waals surface area contributed by atoms with Crippen molar-refractivity contribution in [2.75, 3.05) is 13.7 Å². The van der Waals surface area contributed by atoms with Crippen LogP contribution in [-0.4, -0.2) is 25.7 Å². The third-order valence-corrected chi connectivity index (χ3v) is 4.63. The molecule has 0 spiro atoms. The van der Waals surface area contributed by atoms with E-state index in [2.05, 4.69) is 19.2 Å². The Labute approximate surface area is 168 Å². The van der Waals surface area contributed by atoms with Crippen LogP contribution in [0.15, 0.2) is 48.5 Å². The lowest BCUT2D eigenvalue weighted by atomic mass is 10.0. The van der Waals surface area contributed by atoms with Gasteiger partial charge < -0.3 is 20.5 Å². The molecule has 0 aliphatic carbocycles. The molecule has 0 aliphatic rings. The van der Waals surface area contributed by atoms with Crippen LogP contribution < -0.4 is 20.5 Å². The SMILES string of the molecule is COc1cc(C(C)NC(=O)[C@@H](N)Cc2ccccc2)ccc1OCCC(C)C. The minimum absolute atomic E-state index is 0.174. The van der Waals surface area contributed by atoms with E-state index in [4.69, 9.17) is 15.2 Å². The number of hydrogen-bond donors (Lipinski definition) is 2. The largest absolute Gasteiger partial charge is 0.493 e. The second-order valence-electron chi connectivity index (χ2n) is 7.47. The highest BCUT2D eigenvalue weighted by Crippen LogP contribution is 2.30.